The maximum atomic E-state index is 12.7. The zero-order valence-corrected chi connectivity index (χ0v) is 14.3. The summed E-state index contributed by atoms with van der Waals surface area (Å²) in [5.74, 6) is 1.55. The fraction of sp³-hybridized carbons (Fsp3) is 0.824. The predicted octanol–water partition coefficient (Wildman–Crippen LogP) is 2.81. The molecule has 0 bridgehead atoms. The molecule has 0 spiro atoms. The van der Waals surface area contributed by atoms with Crippen LogP contribution in [0, 0.1) is 5.92 Å². The Labute approximate surface area is 138 Å². The van der Waals surface area contributed by atoms with Crippen LogP contribution in [0.5, 0.6) is 0 Å². The quantitative estimate of drug-likeness (QED) is 0.857. The SMILES string of the molecule is CC(C)c1noc(N2CCC(C(=O)N3CCCCCC3)CC2)n1. The van der Waals surface area contributed by atoms with Gasteiger partial charge in [-0.25, -0.2) is 0 Å². The number of anilines is 1. The second kappa shape index (κ2) is 7.32. The van der Waals surface area contributed by atoms with Crippen LogP contribution in [0.2, 0.25) is 0 Å². The van der Waals surface area contributed by atoms with Crippen LogP contribution in [0.4, 0.5) is 6.01 Å². The van der Waals surface area contributed by atoms with E-state index in [9.17, 15) is 4.79 Å². The zero-order valence-electron chi connectivity index (χ0n) is 14.3. The lowest BCUT2D eigenvalue weighted by Crippen LogP contribution is -2.43. The number of carbonyl (C=O) groups excluding carboxylic acids is 1. The Morgan fingerprint density at radius 3 is 2.30 bits per heavy atom. The summed E-state index contributed by atoms with van der Waals surface area (Å²) >= 11 is 0. The van der Waals surface area contributed by atoms with Crippen LogP contribution in [-0.2, 0) is 4.79 Å². The molecule has 2 aliphatic rings. The van der Waals surface area contributed by atoms with Crippen molar-refractivity contribution in [1.29, 1.82) is 0 Å². The average molecular weight is 320 g/mol. The van der Waals surface area contributed by atoms with E-state index in [1.165, 1.54) is 12.8 Å². The number of amides is 1. The lowest BCUT2D eigenvalue weighted by atomic mass is 9.95. The maximum Gasteiger partial charge on any atom is 0.324 e. The van der Waals surface area contributed by atoms with Crippen LogP contribution >= 0.6 is 0 Å². The van der Waals surface area contributed by atoms with E-state index < -0.39 is 0 Å². The molecule has 3 rings (SSSR count). The Morgan fingerprint density at radius 2 is 1.74 bits per heavy atom. The Bertz CT molecular complexity index is 512. The van der Waals surface area contributed by atoms with E-state index in [1.54, 1.807) is 0 Å². The van der Waals surface area contributed by atoms with Gasteiger partial charge in [0.05, 0.1) is 0 Å². The van der Waals surface area contributed by atoms with Gasteiger partial charge in [0.2, 0.25) is 5.91 Å². The molecule has 0 radical (unpaired) electrons. The number of aromatic nitrogens is 2. The highest BCUT2D eigenvalue weighted by atomic mass is 16.5. The van der Waals surface area contributed by atoms with Gasteiger partial charge >= 0.3 is 6.01 Å². The molecule has 0 saturated carbocycles. The van der Waals surface area contributed by atoms with Crippen molar-refractivity contribution < 1.29 is 9.32 Å². The Kier molecular flexibility index (Phi) is 5.18. The van der Waals surface area contributed by atoms with Gasteiger partial charge < -0.3 is 14.3 Å². The molecule has 6 nitrogen and oxygen atoms in total. The number of piperidine rings is 1. The summed E-state index contributed by atoms with van der Waals surface area (Å²) < 4.78 is 5.36. The second-order valence-corrected chi connectivity index (χ2v) is 7.09. The molecule has 0 N–H and O–H groups in total. The van der Waals surface area contributed by atoms with E-state index in [2.05, 4.69) is 33.8 Å². The molecule has 2 aliphatic heterocycles. The standard InChI is InChI=1S/C17H28N4O2/c1-13(2)15-18-17(23-19-15)21-11-7-14(8-12-21)16(22)20-9-5-3-4-6-10-20/h13-14H,3-12H2,1-2H3. The van der Waals surface area contributed by atoms with Crippen molar-refractivity contribution in [3.05, 3.63) is 5.82 Å². The molecule has 128 valence electrons. The Hall–Kier alpha value is -1.59. The minimum absolute atomic E-state index is 0.164. The van der Waals surface area contributed by atoms with Crippen molar-refractivity contribution >= 4 is 11.9 Å². The summed E-state index contributed by atoms with van der Waals surface area (Å²) in [4.78, 5) is 21.4. The molecule has 1 aromatic heterocycles. The van der Waals surface area contributed by atoms with Gasteiger partial charge in [-0.3, -0.25) is 4.79 Å². The highest BCUT2D eigenvalue weighted by molar-refractivity contribution is 5.79. The minimum Gasteiger partial charge on any atom is -0.342 e. The first kappa shape index (κ1) is 16.3. The molecule has 1 aromatic rings. The van der Waals surface area contributed by atoms with Gasteiger partial charge in [0.15, 0.2) is 5.82 Å². The number of hydrogen-bond donors (Lipinski definition) is 0. The molecule has 0 atom stereocenters. The van der Waals surface area contributed by atoms with Crippen LogP contribution in [0.25, 0.3) is 0 Å². The lowest BCUT2D eigenvalue weighted by Gasteiger charge is -2.33. The van der Waals surface area contributed by atoms with Gasteiger partial charge in [-0.15, -0.1) is 0 Å². The van der Waals surface area contributed by atoms with Crippen molar-refractivity contribution in [3.63, 3.8) is 0 Å². The van der Waals surface area contributed by atoms with Crippen molar-refractivity contribution in [2.45, 2.75) is 58.3 Å². The third-order valence-electron chi connectivity index (χ3n) is 4.98. The van der Waals surface area contributed by atoms with Crippen molar-refractivity contribution in [1.82, 2.24) is 15.0 Å². The Balaban J connectivity index is 1.54. The van der Waals surface area contributed by atoms with Crippen molar-refractivity contribution in [2.24, 2.45) is 5.92 Å². The zero-order chi connectivity index (χ0) is 16.2. The molecule has 2 saturated heterocycles. The molecule has 0 unspecified atom stereocenters. The molecular formula is C17H28N4O2. The number of likely N-dealkylation sites (tertiary alicyclic amines) is 1. The summed E-state index contributed by atoms with van der Waals surface area (Å²) in [5, 5.41) is 4.03. The van der Waals surface area contributed by atoms with E-state index in [-0.39, 0.29) is 11.8 Å². The predicted molar refractivity (Wildman–Crippen MR) is 88.4 cm³/mol. The first-order valence-electron chi connectivity index (χ1n) is 9.02. The highest BCUT2D eigenvalue weighted by Gasteiger charge is 2.30. The minimum atomic E-state index is 0.164. The summed E-state index contributed by atoms with van der Waals surface area (Å²) in [6.07, 6.45) is 6.60. The molecule has 23 heavy (non-hydrogen) atoms. The third kappa shape index (κ3) is 3.85. The Morgan fingerprint density at radius 1 is 1.09 bits per heavy atom. The molecule has 0 aliphatic carbocycles. The average Bonchev–Trinajstić information content (AvgIpc) is 2.91. The van der Waals surface area contributed by atoms with Crippen LogP contribution in [-0.4, -0.2) is 47.1 Å². The van der Waals surface area contributed by atoms with Gasteiger partial charge in [-0.1, -0.05) is 31.8 Å². The number of nitrogens with zero attached hydrogens (tertiary/aromatic N) is 4. The fourth-order valence-electron chi connectivity index (χ4n) is 3.46. The lowest BCUT2D eigenvalue weighted by molar-refractivity contribution is -0.136. The van der Waals surface area contributed by atoms with Gasteiger partial charge in [-0.2, -0.15) is 4.98 Å². The van der Waals surface area contributed by atoms with E-state index in [4.69, 9.17) is 4.52 Å². The van der Waals surface area contributed by atoms with Crippen LogP contribution < -0.4 is 4.90 Å². The molecule has 3 heterocycles. The second-order valence-electron chi connectivity index (χ2n) is 7.09. The smallest absolute Gasteiger partial charge is 0.324 e. The number of carbonyl (C=O) groups is 1. The molecular weight excluding hydrogens is 292 g/mol. The van der Waals surface area contributed by atoms with Gasteiger partial charge in [-0.05, 0) is 25.7 Å². The summed E-state index contributed by atoms with van der Waals surface area (Å²) in [7, 11) is 0. The number of hydrogen-bond acceptors (Lipinski definition) is 5. The largest absolute Gasteiger partial charge is 0.342 e. The maximum absolute atomic E-state index is 12.7. The first-order chi connectivity index (χ1) is 11.1. The topological polar surface area (TPSA) is 62.5 Å². The van der Waals surface area contributed by atoms with E-state index in [1.807, 2.05) is 0 Å². The molecule has 0 aromatic carbocycles. The number of rotatable bonds is 3. The third-order valence-corrected chi connectivity index (χ3v) is 4.98. The fourth-order valence-corrected chi connectivity index (χ4v) is 3.46. The van der Waals surface area contributed by atoms with E-state index >= 15 is 0 Å². The van der Waals surface area contributed by atoms with Crippen LogP contribution in [0.15, 0.2) is 4.52 Å². The van der Waals surface area contributed by atoms with Crippen molar-refractivity contribution in [2.75, 3.05) is 31.1 Å². The molecule has 1 amide bonds. The van der Waals surface area contributed by atoms with Gasteiger partial charge in [0.1, 0.15) is 0 Å². The summed E-state index contributed by atoms with van der Waals surface area (Å²) in [5.41, 5.74) is 0. The van der Waals surface area contributed by atoms with Gasteiger partial charge in [0, 0.05) is 38.0 Å². The highest BCUT2D eigenvalue weighted by Crippen LogP contribution is 2.25. The van der Waals surface area contributed by atoms with Crippen LogP contribution in [0.1, 0.15) is 64.1 Å². The first-order valence-corrected chi connectivity index (χ1v) is 9.02. The van der Waals surface area contributed by atoms with E-state index in [0.717, 1.165) is 57.7 Å². The summed E-state index contributed by atoms with van der Waals surface area (Å²) in [6, 6.07) is 0.606. The normalized spacial score (nSPS) is 20.8. The molecule has 2 fully saturated rings. The molecule has 6 heteroatoms. The van der Waals surface area contributed by atoms with Gasteiger partial charge in [0.25, 0.3) is 0 Å². The summed E-state index contributed by atoms with van der Waals surface area (Å²) in [6.45, 7) is 7.65. The monoisotopic (exact) mass is 320 g/mol. The van der Waals surface area contributed by atoms with E-state index in [0.29, 0.717) is 11.9 Å². The van der Waals surface area contributed by atoms with Crippen molar-refractivity contribution in [3.8, 4) is 0 Å². The van der Waals surface area contributed by atoms with Crippen LogP contribution in [0.3, 0.4) is 0 Å².